The second kappa shape index (κ2) is 4.95. The monoisotopic (exact) mass is 231 g/mol. The fraction of sp³-hybridized carbons (Fsp3) is 0.214. The maximum absolute atomic E-state index is 13.5. The first-order valence-electron chi connectivity index (χ1n) is 5.54. The predicted molar refractivity (Wildman–Crippen MR) is 65.6 cm³/mol. The second-order valence-electron chi connectivity index (χ2n) is 3.72. The van der Waals surface area contributed by atoms with Crippen LogP contribution in [0.4, 0.5) is 4.39 Å². The number of methoxy groups -OCH3 is 1. The van der Waals surface area contributed by atoms with Gasteiger partial charge in [0, 0.05) is 11.8 Å². The number of pyridine rings is 1. The van der Waals surface area contributed by atoms with Gasteiger partial charge in [0.05, 0.1) is 7.11 Å². The number of ether oxygens (including phenoxy) is 1. The lowest BCUT2D eigenvalue weighted by atomic mass is 10.0. The minimum absolute atomic E-state index is 0.459. The lowest BCUT2D eigenvalue weighted by molar-refractivity contribution is 0.410. The molecule has 0 N–H and O–H groups in total. The van der Waals surface area contributed by atoms with E-state index in [4.69, 9.17) is 4.74 Å². The molecule has 0 unspecified atom stereocenters. The molecular formula is C14H14FNO. The van der Waals surface area contributed by atoms with Crippen LogP contribution >= 0.6 is 0 Å². The predicted octanol–water partition coefficient (Wildman–Crippen LogP) is 3.46. The molecule has 0 atom stereocenters. The Morgan fingerprint density at radius 1 is 1.29 bits per heavy atom. The van der Waals surface area contributed by atoms with Crippen LogP contribution in [-0.4, -0.2) is 12.1 Å². The summed E-state index contributed by atoms with van der Waals surface area (Å²) in [6, 6.07) is 9.13. The van der Waals surface area contributed by atoms with Crippen molar-refractivity contribution in [2.45, 2.75) is 13.3 Å². The summed E-state index contributed by atoms with van der Waals surface area (Å²) in [4.78, 5) is 3.65. The van der Waals surface area contributed by atoms with Crippen LogP contribution in [0.3, 0.4) is 0 Å². The summed E-state index contributed by atoms with van der Waals surface area (Å²) in [6.07, 6.45) is 2.33. The average molecular weight is 231 g/mol. The maximum atomic E-state index is 13.5. The van der Waals surface area contributed by atoms with E-state index in [2.05, 4.69) is 11.9 Å². The lowest BCUT2D eigenvalue weighted by Crippen LogP contribution is -1.93. The summed E-state index contributed by atoms with van der Waals surface area (Å²) in [6.45, 7) is 2.06. The Morgan fingerprint density at radius 3 is 2.76 bits per heavy atom. The summed E-state index contributed by atoms with van der Waals surface area (Å²) in [7, 11) is 1.62. The van der Waals surface area contributed by atoms with E-state index in [1.54, 1.807) is 19.2 Å². The van der Waals surface area contributed by atoms with Gasteiger partial charge in [0.1, 0.15) is 5.75 Å². The van der Waals surface area contributed by atoms with Gasteiger partial charge in [0.15, 0.2) is 0 Å². The zero-order valence-corrected chi connectivity index (χ0v) is 9.90. The van der Waals surface area contributed by atoms with Gasteiger partial charge in [0.25, 0.3) is 0 Å². The van der Waals surface area contributed by atoms with Gasteiger partial charge in [-0.1, -0.05) is 19.1 Å². The van der Waals surface area contributed by atoms with Crippen LogP contribution in [0, 0.1) is 5.95 Å². The molecule has 1 aromatic heterocycles. The van der Waals surface area contributed by atoms with E-state index in [1.165, 1.54) is 6.20 Å². The highest BCUT2D eigenvalue weighted by molar-refractivity contribution is 5.65. The first-order chi connectivity index (χ1) is 8.26. The number of benzene rings is 1. The third-order valence-electron chi connectivity index (χ3n) is 2.74. The van der Waals surface area contributed by atoms with Crippen LogP contribution in [0.1, 0.15) is 12.5 Å². The normalized spacial score (nSPS) is 10.3. The summed E-state index contributed by atoms with van der Waals surface area (Å²) in [5.41, 5.74) is 2.39. The summed E-state index contributed by atoms with van der Waals surface area (Å²) in [5.74, 6) is 0.326. The molecule has 0 aliphatic carbocycles. The molecule has 0 aliphatic heterocycles. The van der Waals surface area contributed by atoms with Crippen molar-refractivity contribution in [2.75, 3.05) is 7.11 Å². The molecule has 0 fully saturated rings. The average Bonchev–Trinajstić information content (AvgIpc) is 2.38. The summed E-state index contributed by atoms with van der Waals surface area (Å²) in [5, 5.41) is 0. The molecule has 2 aromatic rings. The van der Waals surface area contributed by atoms with E-state index in [0.29, 0.717) is 5.56 Å². The van der Waals surface area contributed by atoms with Crippen molar-refractivity contribution in [3.63, 3.8) is 0 Å². The Kier molecular flexibility index (Phi) is 3.38. The third kappa shape index (κ3) is 2.28. The molecule has 1 heterocycles. The van der Waals surface area contributed by atoms with Crippen molar-refractivity contribution in [1.29, 1.82) is 0 Å². The van der Waals surface area contributed by atoms with Crippen molar-refractivity contribution >= 4 is 0 Å². The van der Waals surface area contributed by atoms with Gasteiger partial charge in [-0.15, -0.1) is 0 Å². The maximum Gasteiger partial charge on any atom is 0.220 e. The smallest absolute Gasteiger partial charge is 0.220 e. The van der Waals surface area contributed by atoms with Crippen LogP contribution in [-0.2, 0) is 6.42 Å². The van der Waals surface area contributed by atoms with E-state index < -0.39 is 5.95 Å². The topological polar surface area (TPSA) is 22.1 Å². The van der Waals surface area contributed by atoms with Crippen LogP contribution in [0.5, 0.6) is 5.75 Å². The highest BCUT2D eigenvalue weighted by Gasteiger charge is 2.08. The molecule has 0 saturated carbocycles. The van der Waals surface area contributed by atoms with Gasteiger partial charge in [0.2, 0.25) is 5.95 Å². The Bertz CT molecular complexity index is 525. The molecule has 3 heteroatoms. The van der Waals surface area contributed by atoms with Gasteiger partial charge in [-0.2, -0.15) is 4.39 Å². The lowest BCUT2D eigenvalue weighted by Gasteiger charge is -2.09. The van der Waals surface area contributed by atoms with Crippen molar-refractivity contribution in [3.05, 3.63) is 48.0 Å². The zero-order valence-electron chi connectivity index (χ0n) is 9.90. The molecule has 2 nitrogen and oxygen atoms in total. The number of hydrogen-bond donors (Lipinski definition) is 0. The molecule has 88 valence electrons. The molecule has 17 heavy (non-hydrogen) atoms. The fourth-order valence-corrected chi connectivity index (χ4v) is 1.81. The summed E-state index contributed by atoms with van der Waals surface area (Å²) >= 11 is 0. The van der Waals surface area contributed by atoms with E-state index in [9.17, 15) is 4.39 Å². The highest BCUT2D eigenvalue weighted by atomic mass is 19.1. The number of hydrogen-bond acceptors (Lipinski definition) is 2. The quantitative estimate of drug-likeness (QED) is 0.755. The van der Waals surface area contributed by atoms with Gasteiger partial charge in [-0.3, -0.25) is 0 Å². The number of aromatic nitrogens is 1. The summed E-state index contributed by atoms with van der Waals surface area (Å²) < 4.78 is 18.8. The first kappa shape index (κ1) is 11.6. The Labute approximate surface area is 100 Å². The standard InChI is InChI=1S/C14H14FNO/c1-3-10-6-7-11(9-13(10)17-2)12-5-4-8-16-14(12)15/h4-9H,3H2,1-2H3. The molecule has 0 radical (unpaired) electrons. The Morgan fingerprint density at radius 2 is 2.12 bits per heavy atom. The number of rotatable bonds is 3. The van der Waals surface area contributed by atoms with E-state index in [0.717, 1.165) is 23.3 Å². The minimum Gasteiger partial charge on any atom is -0.496 e. The van der Waals surface area contributed by atoms with Gasteiger partial charge < -0.3 is 4.74 Å². The molecule has 0 spiro atoms. The molecule has 1 aromatic carbocycles. The van der Waals surface area contributed by atoms with E-state index >= 15 is 0 Å². The van der Waals surface area contributed by atoms with Crippen molar-refractivity contribution in [3.8, 4) is 16.9 Å². The van der Waals surface area contributed by atoms with E-state index in [1.807, 2.05) is 18.2 Å². The van der Waals surface area contributed by atoms with Crippen molar-refractivity contribution in [1.82, 2.24) is 4.98 Å². The zero-order chi connectivity index (χ0) is 12.3. The van der Waals surface area contributed by atoms with Crippen LogP contribution in [0.2, 0.25) is 0 Å². The Hall–Kier alpha value is -1.90. The number of halogens is 1. The highest BCUT2D eigenvalue weighted by Crippen LogP contribution is 2.28. The molecule has 0 amide bonds. The van der Waals surface area contributed by atoms with E-state index in [-0.39, 0.29) is 0 Å². The fourth-order valence-electron chi connectivity index (χ4n) is 1.81. The largest absolute Gasteiger partial charge is 0.496 e. The molecule has 0 aliphatic rings. The van der Waals surface area contributed by atoms with Gasteiger partial charge >= 0.3 is 0 Å². The van der Waals surface area contributed by atoms with Crippen LogP contribution < -0.4 is 4.74 Å². The van der Waals surface area contributed by atoms with Gasteiger partial charge in [-0.05, 0) is 35.7 Å². The molecule has 0 saturated heterocycles. The molecule has 2 rings (SSSR count). The minimum atomic E-state index is -0.459. The Balaban J connectivity index is 2.50. The first-order valence-corrected chi connectivity index (χ1v) is 5.54. The van der Waals surface area contributed by atoms with Crippen LogP contribution in [0.15, 0.2) is 36.5 Å². The van der Waals surface area contributed by atoms with Crippen LogP contribution in [0.25, 0.3) is 11.1 Å². The second-order valence-corrected chi connectivity index (χ2v) is 3.72. The van der Waals surface area contributed by atoms with Crippen molar-refractivity contribution in [2.24, 2.45) is 0 Å². The van der Waals surface area contributed by atoms with Crippen molar-refractivity contribution < 1.29 is 9.13 Å². The third-order valence-corrected chi connectivity index (χ3v) is 2.74. The molecule has 0 bridgehead atoms. The van der Waals surface area contributed by atoms with Gasteiger partial charge in [-0.25, -0.2) is 4.98 Å². The molecular weight excluding hydrogens is 217 g/mol. The SMILES string of the molecule is CCc1ccc(-c2cccnc2F)cc1OC. The number of aryl methyl sites for hydroxylation is 1. The number of nitrogens with zero attached hydrogens (tertiary/aromatic N) is 1.